The highest BCUT2D eigenvalue weighted by Gasteiger charge is 2.13. The molecule has 1 heterocycles. The summed E-state index contributed by atoms with van der Waals surface area (Å²) in [5, 5.41) is 7.68. The highest BCUT2D eigenvalue weighted by molar-refractivity contribution is 6.29. The first-order valence-electron chi connectivity index (χ1n) is 6.36. The Kier molecular flexibility index (Phi) is 4.91. The third-order valence-corrected chi connectivity index (χ3v) is 3.40. The van der Waals surface area contributed by atoms with E-state index < -0.39 is 0 Å². The van der Waals surface area contributed by atoms with E-state index in [1.54, 1.807) is 24.3 Å². The number of nitrogens with zero attached hydrogens (tertiary/aromatic N) is 1. The molecule has 0 aliphatic heterocycles. The molecule has 1 aromatic heterocycles. The number of methoxy groups -OCH3 is 1. The van der Waals surface area contributed by atoms with Gasteiger partial charge in [-0.15, -0.1) is 0 Å². The summed E-state index contributed by atoms with van der Waals surface area (Å²) in [4.78, 5) is 15.3. The molecule has 1 aromatic carbocycles. The van der Waals surface area contributed by atoms with Crippen molar-refractivity contribution in [2.45, 2.75) is 0 Å². The second-order valence-electron chi connectivity index (χ2n) is 4.39. The lowest BCUT2D eigenvalue weighted by atomic mass is 9.95. The Balaban J connectivity index is 2.73. The molecule has 0 aliphatic carbocycles. The van der Waals surface area contributed by atoms with Gasteiger partial charge in [-0.05, 0) is 23.3 Å². The fraction of sp³-hybridized carbons (Fsp3) is 0.0625. The minimum Gasteiger partial charge on any atom is -0.494 e. The number of carbonyl (C=O) groups excluding carboxylic acids is 1. The summed E-state index contributed by atoms with van der Waals surface area (Å²) in [6.07, 6.45) is 4.73. The number of ether oxygens (including phenoxy) is 1. The van der Waals surface area contributed by atoms with Crippen LogP contribution in [0.25, 0.3) is 16.7 Å². The van der Waals surface area contributed by atoms with Crippen LogP contribution < -0.4 is 10.5 Å². The molecule has 6 heteroatoms. The SMILES string of the molecule is COc1cnc(Cl)cc1-c1cc(/C(C=N)=C/N)ccc1C=O. The topological polar surface area (TPSA) is 89.1 Å². The van der Waals surface area contributed by atoms with E-state index in [9.17, 15) is 4.79 Å². The van der Waals surface area contributed by atoms with Gasteiger partial charge >= 0.3 is 0 Å². The number of hydrogen-bond acceptors (Lipinski definition) is 5. The average molecular weight is 316 g/mol. The van der Waals surface area contributed by atoms with Crippen molar-refractivity contribution < 1.29 is 9.53 Å². The number of nitrogens with two attached hydrogens (primary N) is 1. The van der Waals surface area contributed by atoms with Crippen LogP contribution in [0.15, 0.2) is 36.7 Å². The number of aldehydes is 1. The lowest BCUT2D eigenvalue weighted by Gasteiger charge is -2.12. The van der Waals surface area contributed by atoms with Crippen molar-refractivity contribution in [3.05, 3.63) is 52.9 Å². The Morgan fingerprint density at radius 3 is 2.73 bits per heavy atom. The maximum Gasteiger partial charge on any atom is 0.150 e. The Hall–Kier alpha value is -2.66. The van der Waals surface area contributed by atoms with E-state index in [1.165, 1.54) is 19.5 Å². The van der Waals surface area contributed by atoms with E-state index in [1.807, 2.05) is 0 Å². The van der Waals surface area contributed by atoms with Crippen molar-refractivity contribution in [2.75, 3.05) is 7.11 Å². The molecule has 2 aromatic rings. The predicted molar refractivity (Wildman–Crippen MR) is 87.6 cm³/mol. The third kappa shape index (κ3) is 2.99. The van der Waals surface area contributed by atoms with E-state index in [0.717, 1.165) is 12.5 Å². The summed E-state index contributed by atoms with van der Waals surface area (Å²) in [5.41, 5.74) is 8.53. The van der Waals surface area contributed by atoms with Gasteiger partial charge in [-0.25, -0.2) is 4.98 Å². The number of halogens is 1. The predicted octanol–water partition coefficient (Wildman–Crippen LogP) is 3.17. The molecule has 0 radical (unpaired) electrons. The number of benzene rings is 1. The van der Waals surface area contributed by atoms with Gasteiger partial charge in [0.1, 0.15) is 10.9 Å². The summed E-state index contributed by atoms with van der Waals surface area (Å²) in [6, 6.07) is 6.79. The van der Waals surface area contributed by atoms with Crippen molar-refractivity contribution in [1.82, 2.24) is 4.98 Å². The van der Waals surface area contributed by atoms with Gasteiger partial charge < -0.3 is 15.9 Å². The highest BCUT2D eigenvalue weighted by Crippen LogP contribution is 2.34. The van der Waals surface area contributed by atoms with E-state index >= 15 is 0 Å². The number of allylic oxidation sites excluding steroid dienone is 1. The van der Waals surface area contributed by atoms with Crippen LogP contribution in [0, 0.1) is 5.41 Å². The van der Waals surface area contributed by atoms with Crippen molar-refractivity contribution in [2.24, 2.45) is 5.73 Å². The maximum absolute atomic E-state index is 11.3. The van der Waals surface area contributed by atoms with E-state index in [-0.39, 0.29) is 0 Å². The second-order valence-corrected chi connectivity index (χ2v) is 4.78. The molecule has 0 saturated carbocycles. The van der Waals surface area contributed by atoms with Crippen LogP contribution in [0.2, 0.25) is 5.15 Å². The molecule has 2 rings (SSSR count). The van der Waals surface area contributed by atoms with E-state index in [2.05, 4.69) is 4.98 Å². The van der Waals surface area contributed by atoms with Crippen LogP contribution in [0.5, 0.6) is 5.75 Å². The largest absolute Gasteiger partial charge is 0.494 e. The average Bonchev–Trinajstić information content (AvgIpc) is 2.55. The first kappa shape index (κ1) is 15.7. The quantitative estimate of drug-likeness (QED) is 0.504. The lowest BCUT2D eigenvalue weighted by molar-refractivity contribution is 0.112. The molecule has 5 nitrogen and oxygen atoms in total. The minimum absolute atomic E-state index is 0.291. The number of aromatic nitrogens is 1. The molecule has 0 aliphatic rings. The van der Waals surface area contributed by atoms with E-state index in [0.29, 0.717) is 38.7 Å². The highest BCUT2D eigenvalue weighted by atomic mass is 35.5. The molecular formula is C16H14ClN3O2. The van der Waals surface area contributed by atoms with Gasteiger partial charge in [-0.3, -0.25) is 4.79 Å². The van der Waals surface area contributed by atoms with Crippen LogP contribution in [-0.2, 0) is 0 Å². The Bertz CT molecular complexity index is 757. The van der Waals surface area contributed by atoms with Crippen molar-refractivity contribution >= 4 is 29.7 Å². The summed E-state index contributed by atoms with van der Waals surface area (Å²) >= 11 is 5.95. The van der Waals surface area contributed by atoms with Gasteiger partial charge in [0.2, 0.25) is 0 Å². The normalized spacial score (nSPS) is 11.1. The molecule has 0 unspecified atom stereocenters. The van der Waals surface area contributed by atoms with Gasteiger partial charge in [0, 0.05) is 29.1 Å². The summed E-state index contributed by atoms with van der Waals surface area (Å²) < 4.78 is 5.29. The second kappa shape index (κ2) is 6.87. The molecule has 0 fully saturated rings. The third-order valence-electron chi connectivity index (χ3n) is 3.19. The summed E-state index contributed by atoms with van der Waals surface area (Å²) in [5.74, 6) is 0.498. The zero-order valence-corrected chi connectivity index (χ0v) is 12.6. The fourth-order valence-electron chi connectivity index (χ4n) is 2.09. The van der Waals surface area contributed by atoms with E-state index in [4.69, 9.17) is 27.5 Å². The number of rotatable bonds is 5. The fourth-order valence-corrected chi connectivity index (χ4v) is 2.25. The van der Waals surface area contributed by atoms with Gasteiger partial charge in [-0.1, -0.05) is 23.7 Å². The van der Waals surface area contributed by atoms with Crippen molar-refractivity contribution in [1.29, 1.82) is 5.41 Å². The van der Waals surface area contributed by atoms with Crippen LogP contribution >= 0.6 is 11.6 Å². The molecule has 22 heavy (non-hydrogen) atoms. The van der Waals surface area contributed by atoms with Crippen LogP contribution in [0.3, 0.4) is 0 Å². The van der Waals surface area contributed by atoms with Gasteiger partial charge in [-0.2, -0.15) is 0 Å². The lowest BCUT2D eigenvalue weighted by Crippen LogP contribution is -1.97. The zero-order chi connectivity index (χ0) is 16.1. The van der Waals surface area contributed by atoms with Gasteiger partial charge in [0.25, 0.3) is 0 Å². The molecule has 0 saturated heterocycles. The maximum atomic E-state index is 11.3. The molecule has 3 N–H and O–H groups in total. The monoisotopic (exact) mass is 315 g/mol. The molecule has 0 amide bonds. The molecule has 0 bridgehead atoms. The summed E-state index contributed by atoms with van der Waals surface area (Å²) in [7, 11) is 1.52. The first-order valence-corrected chi connectivity index (χ1v) is 6.74. The molecular weight excluding hydrogens is 302 g/mol. The Morgan fingerprint density at radius 1 is 1.36 bits per heavy atom. The molecule has 0 atom stereocenters. The summed E-state index contributed by atoms with van der Waals surface area (Å²) in [6.45, 7) is 0. The first-order chi connectivity index (χ1) is 10.6. The number of pyridine rings is 1. The van der Waals surface area contributed by atoms with Gasteiger partial charge in [0.05, 0.1) is 13.3 Å². The number of carbonyl (C=O) groups is 1. The molecule has 112 valence electrons. The van der Waals surface area contributed by atoms with Crippen LogP contribution in [0.1, 0.15) is 15.9 Å². The standard InChI is InChI=1S/C16H14ClN3O2/c1-22-15-8-20-16(17)5-14(15)13-4-10(12(6-18)7-19)2-3-11(13)9-21/h2-9,18H,19H2,1H3/b12-7+,18-6?. The van der Waals surface area contributed by atoms with Crippen LogP contribution in [0.4, 0.5) is 0 Å². The number of nitrogens with one attached hydrogen (secondary N) is 1. The zero-order valence-electron chi connectivity index (χ0n) is 11.8. The van der Waals surface area contributed by atoms with Gasteiger partial charge in [0.15, 0.2) is 6.29 Å². The number of hydrogen-bond donors (Lipinski definition) is 2. The molecule has 0 spiro atoms. The smallest absolute Gasteiger partial charge is 0.150 e. The van der Waals surface area contributed by atoms with Crippen molar-refractivity contribution in [3.63, 3.8) is 0 Å². The Labute approximate surface area is 132 Å². The minimum atomic E-state index is 0.291. The van der Waals surface area contributed by atoms with Crippen molar-refractivity contribution in [3.8, 4) is 16.9 Å². The Morgan fingerprint density at radius 2 is 2.14 bits per heavy atom. The van der Waals surface area contributed by atoms with Crippen LogP contribution in [-0.4, -0.2) is 24.6 Å².